The molecule has 110 valence electrons. The quantitative estimate of drug-likeness (QED) is 0.907. The van der Waals surface area contributed by atoms with Gasteiger partial charge in [0.25, 0.3) is 0 Å². The minimum atomic E-state index is -3.20. The van der Waals surface area contributed by atoms with Crippen LogP contribution in [0.4, 0.5) is 5.82 Å². The molecular formula is C12H18N4O2S2. The Kier molecular flexibility index (Phi) is 4.26. The summed E-state index contributed by atoms with van der Waals surface area (Å²) in [6.07, 6.45) is 1.50. The number of hydrogen-bond donors (Lipinski definition) is 1. The molecule has 20 heavy (non-hydrogen) atoms. The summed E-state index contributed by atoms with van der Waals surface area (Å²) in [6, 6.07) is 0. The topological polar surface area (TPSA) is 75.2 Å². The maximum absolute atomic E-state index is 11.7. The van der Waals surface area contributed by atoms with Crippen LogP contribution in [0.25, 0.3) is 10.2 Å². The van der Waals surface area contributed by atoms with Crippen molar-refractivity contribution < 1.29 is 8.42 Å². The molecule has 1 N–H and O–H groups in total. The summed E-state index contributed by atoms with van der Waals surface area (Å²) in [5.41, 5.74) is 1.14. The first-order valence-electron chi connectivity index (χ1n) is 6.17. The molecule has 0 saturated heterocycles. The van der Waals surface area contributed by atoms with Crippen LogP contribution in [0.15, 0.2) is 6.33 Å². The number of hydrogen-bond acceptors (Lipinski definition) is 6. The molecule has 2 heterocycles. The number of nitrogens with one attached hydrogen (secondary N) is 1. The highest BCUT2D eigenvalue weighted by atomic mass is 32.2. The Balaban J connectivity index is 2.19. The van der Waals surface area contributed by atoms with Crippen LogP contribution in [-0.2, 0) is 10.0 Å². The standard InChI is InChI=1S/C12H18N4O2S2/c1-8-9(2)19-12-10(8)11(14-7-15-12)13-5-6-20(17,18)16(3)4/h7H,5-6H2,1-4H3,(H,13,14,15). The molecule has 0 aliphatic carbocycles. The Morgan fingerprint density at radius 3 is 2.65 bits per heavy atom. The van der Waals surface area contributed by atoms with Crippen molar-refractivity contribution in [3.63, 3.8) is 0 Å². The van der Waals surface area contributed by atoms with Gasteiger partial charge in [-0.3, -0.25) is 0 Å². The third kappa shape index (κ3) is 2.92. The third-order valence-electron chi connectivity index (χ3n) is 3.17. The second-order valence-corrected chi connectivity index (χ2v) is 8.22. The Morgan fingerprint density at radius 1 is 1.30 bits per heavy atom. The van der Waals surface area contributed by atoms with E-state index in [-0.39, 0.29) is 5.75 Å². The van der Waals surface area contributed by atoms with Crippen molar-refractivity contribution in [2.75, 3.05) is 31.7 Å². The van der Waals surface area contributed by atoms with Gasteiger partial charge in [-0.05, 0) is 19.4 Å². The van der Waals surface area contributed by atoms with Gasteiger partial charge in [0.15, 0.2) is 0 Å². The number of nitrogens with zero attached hydrogens (tertiary/aromatic N) is 3. The maximum Gasteiger partial charge on any atom is 0.215 e. The Bertz CT molecular complexity index is 722. The molecule has 2 aromatic rings. The van der Waals surface area contributed by atoms with Gasteiger partial charge in [-0.1, -0.05) is 0 Å². The highest BCUT2D eigenvalue weighted by Gasteiger charge is 2.15. The molecule has 2 rings (SSSR count). The van der Waals surface area contributed by atoms with E-state index in [0.717, 1.165) is 15.8 Å². The lowest BCUT2D eigenvalue weighted by molar-refractivity contribution is 0.521. The Morgan fingerprint density at radius 2 is 2.00 bits per heavy atom. The fraction of sp³-hybridized carbons (Fsp3) is 0.500. The summed E-state index contributed by atoms with van der Waals surface area (Å²) in [4.78, 5) is 10.6. The van der Waals surface area contributed by atoms with Crippen LogP contribution in [0.1, 0.15) is 10.4 Å². The van der Waals surface area contributed by atoms with E-state index >= 15 is 0 Å². The van der Waals surface area contributed by atoms with E-state index in [1.165, 1.54) is 29.6 Å². The van der Waals surface area contributed by atoms with Crippen LogP contribution in [0.5, 0.6) is 0 Å². The molecule has 0 saturated carbocycles. The molecule has 0 aromatic carbocycles. The predicted molar refractivity (Wildman–Crippen MR) is 82.9 cm³/mol. The van der Waals surface area contributed by atoms with Crippen molar-refractivity contribution in [3.8, 4) is 0 Å². The first-order valence-corrected chi connectivity index (χ1v) is 8.60. The van der Waals surface area contributed by atoms with Gasteiger partial charge in [0.2, 0.25) is 10.0 Å². The molecule has 0 spiro atoms. The summed E-state index contributed by atoms with van der Waals surface area (Å²) >= 11 is 1.62. The molecule has 0 bridgehead atoms. The van der Waals surface area contributed by atoms with Gasteiger partial charge >= 0.3 is 0 Å². The highest BCUT2D eigenvalue weighted by molar-refractivity contribution is 7.89. The number of anilines is 1. The molecule has 0 aliphatic heterocycles. The maximum atomic E-state index is 11.7. The second-order valence-electron chi connectivity index (χ2n) is 4.71. The lowest BCUT2D eigenvalue weighted by atomic mass is 10.2. The highest BCUT2D eigenvalue weighted by Crippen LogP contribution is 2.32. The minimum Gasteiger partial charge on any atom is -0.368 e. The molecule has 2 aromatic heterocycles. The third-order valence-corrected chi connectivity index (χ3v) is 6.12. The lowest BCUT2D eigenvalue weighted by Gasteiger charge is -2.12. The van der Waals surface area contributed by atoms with E-state index in [1.807, 2.05) is 13.8 Å². The predicted octanol–water partition coefficient (Wildman–Crippen LogP) is 1.61. The normalized spacial score (nSPS) is 12.2. The van der Waals surface area contributed by atoms with Gasteiger partial charge in [-0.2, -0.15) is 0 Å². The smallest absolute Gasteiger partial charge is 0.215 e. The van der Waals surface area contributed by atoms with Crippen LogP contribution >= 0.6 is 11.3 Å². The largest absolute Gasteiger partial charge is 0.368 e. The summed E-state index contributed by atoms with van der Waals surface area (Å²) in [7, 11) is -0.132. The van der Waals surface area contributed by atoms with E-state index in [9.17, 15) is 8.42 Å². The summed E-state index contributed by atoms with van der Waals surface area (Å²) in [5, 5.41) is 4.09. The average Bonchev–Trinajstić information content (AvgIpc) is 2.65. The molecule has 0 aliphatic rings. The molecule has 6 nitrogen and oxygen atoms in total. The van der Waals surface area contributed by atoms with Crippen molar-refractivity contribution in [2.45, 2.75) is 13.8 Å². The van der Waals surface area contributed by atoms with E-state index in [1.54, 1.807) is 11.3 Å². The zero-order valence-electron chi connectivity index (χ0n) is 12.0. The number of rotatable bonds is 5. The van der Waals surface area contributed by atoms with E-state index in [4.69, 9.17) is 0 Å². The lowest BCUT2D eigenvalue weighted by Crippen LogP contribution is -2.28. The van der Waals surface area contributed by atoms with Crippen LogP contribution in [-0.4, -0.2) is 49.1 Å². The van der Waals surface area contributed by atoms with Gasteiger partial charge in [0.05, 0.1) is 11.1 Å². The first-order chi connectivity index (χ1) is 9.33. The Labute approximate surface area is 122 Å². The molecule has 0 radical (unpaired) electrons. The fourth-order valence-electron chi connectivity index (χ4n) is 1.80. The second kappa shape index (κ2) is 5.63. The zero-order valence-corrected chi connectivity index (χ0v) is 13.6. The molecule has 0 amide bonds. The van der Waals surface area contributed by atoms with Crippen LogP contribution < -0.4 is 5.32 Å². The van der Waals surface area contributed by atoms with Crippen molar-refractivity contribution in [1.82, 2.24) is 14.3 Å². The minimum absolute atomic E-state index is 0.0354. The van der Waals surface area contributed by atoms with E-state index in [2.05, 4.69) is 15.3 Å². The van der Waals surface area contributed by atoms with Crippen molar-refractivity contribution >= 4 is 37.4 Å². The fourth-order valence-corrected chi connectivity index (χ4v) is 3.52. The summed E-state index contributed by atoms with van der Waals surface area (Å²) in [6.45, 7) is 4.39. The Hall–Kier alpha value is -1.25. The molecule has 0 unspecified atom stereocenters. The van der Waals surface area contributed by atoms with Gasteiger partial charge in [0, 0.05) is 25.5 Å². The van der Waals surface area contributed by atoms with E-state index < -0.39 is 10.0 Å². The summed E-state index contributed by atoms with van der Waals surface area (Å²) in [5.74, 6) is 0.735. The van der Waals surface area contributed by atoms with Gasteiger partial charge in [-0.15, -0.1) is 11.3 Å². The number of thiophene rings is 1. The molecular weight excluding hydrogens is 296 g/mol. The number of aromatic nitrogens is 2. The number of aryl methyl sites for hydroxylation is 2. The molecule has 0 atom stereocenters. The molecule has 8 heteroatoms. The van der Waals surface area contributed by atoms with Crippen molar-refractivity contribution in [2.24, 2.45) is 0 Å². The van der Waals surface area contributed by atoms with Crippen molar-refractivity contribution in [1.29, 1.82) is 0 Å². The zero-order chi connectivity index (χ0) is 14.9. The average molecular weight is 314 g/mol. The van der Waals surface area contributed by atoms with Crippen molar-refractivity contribution in [3.05, 3.63) is 16.8 Å². The summed E-state index contributed by atoms with van der Waals surface area (Å²) < 4.78 is 24.6. The van der Waals surface area contributed by atoms with E-state index in [0.29, 0.717) is 12.4 Å². The number of fused-ring (bicyclic) bond motifs is 1. The number of sulfonamides is 1. The van der Waals surface area contributed by atoms with Crippen LogP contribution in [0.3, 0.4) is 0 Å². The monoisotopic (exact) mass is 314 g/mol. The van der Waals surface area contributed by atoms with Crippen LogP contribution in [0, 0.1) is 13.8 Å². The molecule has 0 fully saturated rings. The first kappa shape index (κ1) is 15.1. The SMILES string of the molecule is Cc1sc2ncnc(NCCS(=O)(=O)N(C)C)c2c1C. The van der Waals surface area contributed by atoms with Gasteiger partial charge in [0.1, 0.15) is 17.0 Å². The van der Waals surface area contributed by atoms with Gasteiger partial charge in [-0.25, -0.2) is 22.7 Å². The van der Waals surface area contributed by atoms with Crippen LogP contribution in [0.2, 0.25) is 0 Å². The van der Waals surface area contributed by atoms with Gasteiger partial charge < -0.3 is 5.32 Å².